The lowest BCUT2D eigenvalue weighted by molar-refractivity contribution is -0.124. The van der Waals surface area contributed by atoms with Crippen molar-refractivity contribution >= 4 is 11.8 Å². The van der Waals surface area contributed by atoms with Crippen molar-refractivity contribution in [2.75, 3.05) is 19.6 Å². The third-order valence-electron chi connectivity index (χ3n) is 4.65. The first-order chi connectivity index (χ1) is 11.7. The van der Waals surface area contributed by atoms with Gasteiger partial charge in [0.2, 0.25) is 11.8 Å². The molecular weight excluding hydrogens is 304 g/mol. The standard InChI is InChI=1S/C18H26N4O2/c23-17(4-1-14-5-9-19-10-6-14)20-16-7-11-22(12-8-16)13-18(24)21-15-2-3-15/h5-6,9-10,15-16H,1-4,7-8,11-13H2,(H,20,23)(H,21,24). The second kappa shape index (κ2) is 8.24. The summed E-state index contributed by atoms with van der Waals surface area (Å²) >= 11 is 0. The van der Waals surface area contributed by atoms with E-state index in [4.69, 9.17) is 0 Å². The highest BCUT2D eigenvalue weighted by molar-refractivity contribution is 5.78. The Labute approximate surface area is 143 Å². The van der Waals surface area contributed by atoms with E-state index in [2.05, 4.69) is 20.5 Å². The molecule has 0 radical (unpaired) electrons. The van der Waals surface area contributed by atoms with Crippen LogP contribution < -0.4 is 10.6 Å². The fourth-order valence-corrected chi connectivity index (χ4v) is 3.05. The Bertz CT molecular complexity index is 551. The second-order valence-corrected chi connectivity index (χ2v) is 6.82. The predicted octanol–water partition coefficient (Wildman–Crippen LogP) is 0.873. The van der Waals surface area contributed by atoms with E-state index in [0.717, 1.165) is 50.8 Å². The number of nitrogens with zero attached hydrogens (tertiary/aromatic N) is 2. The summed E-state index contributed by atoms with van der Waals surface area (Å²) in [5.74, 6) is 0.245. The highest BCUT2D eigenvalue weighted by Crippen LogP contribution is 2.18. The van der Waals surface area contributed by atoms with Crippen molar-refractivity contribution in [1.29, 1.82) is 0 Å². The van der Waals surface area contributed by atoms with Gasteiger partial charge in [-0.3, -0.25) is 19.5 Å². The zero-order chi connectivity index (χ0) is 16.8. The number of carbonyl (C=O) groups excluding carboxylic acids is 2. The molecule has 130 valence electrons. The number of aromatic nitrogens is 1. The summed E-state index contributed by atoms with van der Waals surface area (Å²) in [4.78, 5) is 30.0. The SMILES string of the molecule is O=C(CCc1ccncc1)NC1CCN(CC(=O)NC2CC2)CC1. The molecule has 2 fully saturated rings. The molecule has 2 heterocycles. The summed E-state index contributed by atoms with van der Waals surface area (Å²) in [6.07, 6.45) is 8.83. The molecule has 0 bridgehead atoms. The Kier molecular flexibility index (Phi) is 5.80. The second-order valence-electron chi connectivity index (χ2n) is 6.82. The molecule has 3 rings (SSSR count). The third kappa shape index (κ3) is 5.60. The molecule has 1 aromatic heterocycles. The van der Waals surface area contributed by atoms with Crippen LogP contribution in [0.3, 0.4) is 0 Å². The zero-order valence-corrected chi connectivity index (χ0v) is 14.0. The predicted molar refractivity (Wildman–Crippen MR) is 91.3 cm³/mol. The molecule has 2 amide bonds. The lowest BCUT2D eigenvalue weighted by Gasteiger charge is -2.31. The summed E-state index contributed by atoms with van der Waals surface area (Å²) in [7, 11) is 0. The first-order valence-corrected chi connectivity index (χ1v) is 8.89. The van der Waals surface area contributed by atoms with E-state index in [1.54, 1.807) is 12.4 Å². The van der Waals surface area contributed by atoms with Gasteiger partial charge < -0.3 is 10.6 Å². The Morgan fingerprint density at radius 1 is 1.00 bits per heavy atom. The van der Waals surface area contributed by atoms with Crippen LogP contribution in [-0.2, 0) is 16.0 Å². The Hall–Kier alpha value is -1.95. The van der Waals surface area contributed by atoms with Crippen molar-refractivity contribution in [3.8, 4) is 0 Å². The smallest absolute Gasteiger partial charge is 0.234 e. The molecule has 0 atom stereocenters. The fraction of sp³-hybridized carbons (Fsp3) is 0.611. The Morgan fingerprint density at radius 3 is 2.29 bits per heavy atom. The number of piperidine rings is 1. The first kappa shape index (κ1) is 16.9. The first-order valence-electron chi connectivity index (χ1n) is 8.89. The maximum absolute atomic E-state index is 12.1. The maximum Gasteiger partial charge on any atom is 0.234 e. The van der Waals surface area contributed by atoms with Crippen LogP contribution >= 0.6 is 0 Å². The number of pyridine rings is 1. The minimum atomic E-state index is 0.108. The van der Waals surface area contributed by atoms with Crippen LogP contribution in [0.25, 0.3) is 0 Å². The summed E-state index contributed by atoms with van der Waals surface area (Å²) in [6.45, 7) is 2.22. The molecule has 1 saturated carbocycles. The van der Waals surface area contributed by atoms with E-state index in [1.807, 2.05) is 12.1 Å². The molecule has 0 spiro atoms. The van der Waals surface area contributed by atoms with Crippen LogP contribution in [0.15, 0.2) is 24.5 Å². The molecule has 0 aromatic carbocycles. The molecule has 2 aliphatic rings. The van der Waals surface area contributed by atoms with Gasteiger partial charge in [0.1, 0.15) is 0 Å². The van der Waals surface area contributed by atoms with Crippen LogP contribution in [0.5, 0.6) is 0 Å². The molecule has 1 saturated heterocycles. The number of amides is 2. The molecule has 2 N–H and O–H groups in total. The lowest BCUT2D eigenvalue weighted by Crippen LogP contribution is -2.47. The van der Waals surface area contributed by atoms with Gasteiger partial charge in [-0.2, -0.15) is 0 Å². The van der Waals surface area contributed by atoms with Crippen LogP contribution in [0, 0.1) is 0 Å². The van der Waals surface area contributed by atoms with Crippen molar-refractivity contribution in [1.82, 2.24) is 20.5 Å². The van der Waals surface area contributed by atoms with Gasteiger partial charge in [0.15, 0.2) is 0 Å². The number of nitrogens with one attached hydrogen (secondary N) is 2. The van der Waals surface area contributed by atoms with Crippen molar-refractivity contribution in [2.24, 2.45) is 0 Å². The van der Waals surface area contributed by atoms with Crippen molar-refractivity contribution in [3.05, 3.63) is 30.1 Å². The molecule has 6 nitrogen and oxygen atoms in total. The topological polar surface area (TPSA) is 74.3 Å². The normalized spacial score (nSPS) is 19.0. The third-order valence-corrected chi connectivity index (χ3v) is 4.65. The Balaban J connectivity index is 1.31. The number of aryl methyl sites for hydroxylation is 1. The van der Waals surface area contributed by atoms with Crippen LogP contribution in [-0.4, -0.2) is 53.4 Å². The van der Waals surface area contributed by atoms with Gasteiger partial charge in [-0.1, -0.05) is 0 Å². The highest BCUT2D eigenvalue weighted by Gasteiger charge is 2.26. The number of hydrogen-bond donors (Lipinski definition) is 2. The summed E-state index contributed by atoms with van der Waals surface area (Å²) in [5.41, 5.74) is 1.14. The van der Waals surface area contributed by atoms with E-state index < -0.39 is 0 Å². The lowest BCUT2D eigenvalue weighted by atomic mass is 10.0. The van der Waals surface area contributed by atoms with Crippen LogP contribution in [0.1, 0.15) is 37.7 Å². The monoisotopic (exact) mass is 330 g/mol. The van der Waals surface area contributed by atoms with Crippen LogP contribution in [0.4, 0.5) is 0 Å². The summed E-state index contributed by atoms with van der Waals surface area (Å²) in [6, 6.07) is 4.55. The molecule has 1 aliphatic heterocycles. The minimum Gasteiger partial charge on any atom is -0.353 e. The van der Waals surface area contributed by atoms with Crippen LogP contribution in [0.2, 0.25) is 0 Å². The van der Waals surface area contributed by atoms with Crippen molar-refractivity contribution in [3.63, 3.8) is 0 Å². The van der Waals surface area contributed by atoms with E-state index in [0.29, 0.717) is 19.0 Å². The van der Waals surface area contributed by atoms with Gasteiger partial charge in [0.05, 0.1) is 6.54 Å². The highest BCUT2D eigenvalue weighted by atomic mass is 16.2. The van der Waals surface area contributed by atoms with Gasteiger partial charge in [-0.15, -0.1) is 0 Å². The maximum atomic E-state index is 12.1. The van der Waals surface area contributed by atoms with E-state index in [9.17, 15) is 9.59 Å². The number of rotatable bonds is 7. The van der Waals surface area contributed by atoms with Gasteiger partial charge in [0, 0.05) is 44.0 Å². The quantitative estimate of drug-likeness (QED) is 0.778. The van der Waals surface area contributed by atoms with Crippen molar-refractivity contribution in [2.45, 2.75) is 50.6 Å². The number of likely N-dealkylation sites (tertiary alicyclic amines) is 1. The number of carbonyl (C=O) groups is 2. The molecular formula is C18H26N4O2. The average molecular weight is 330 g/mol. The van der Waals surface area contributed by atoms with Gasteiger partial charge in [-0.05, 0) is 49.8 Å². The van der Waals surface area contributed by atoms with Crippen molar-refractivity contribution < 1.29 is 9.59 Å². The molecule has 0 unspecified atom stereocenters. The summed E-state index contributed by atoms with van der Waals surface area (Å²) in [5, 5.41) is 6.15. The van der Waals surface area contributed by atoms with Gasteiger partial charge in [-0.25, -0.2) is 0 Å². The van der Waals surface area contributed by atoms with E-state index >= 15 is 0 Å². The minimum absolute atomic E-state index is 0.108. The Morgan fingerprint density at radius 2 is 1.62 bits per heavy atom. The van der Waals surface area contributed by atoms with Gasteiger partial charge >= 0.3 is 0 Å². The van der Waals surface area contributed by atoms with E-state index in [1.165, 1.54) is 0 Å². The molecule has 1 aliphatic carbocycles. The fourth-order valence-electron chi connectivity index (χ4n) is 3.05. The number of hydrogen-bond acceptors (Lipinski definition) is 4. The average Bonchev–Trinajstić information content (AvgIpc) is 3.39. The van der Waals surface area contributed by atoms with E-state index in [-0.39, 0.29) is 17.9 Å². The molecule has 1 aromatic rings. The molecule has 6 heteroatoms. The zero-order valence-electron chi connectivity index (χ0n) is 14.0. The largest absolute Gasteiger partial charge is 0.353 e. The summed E-state index contributed by atoms with van der Waals surface area (Å²) < 4.78 is 0. The molecule has 24 heavy (non-hydrogen) atoms. The van der Waals surface area contributed by atoms with Gasteiger partial charge in [0.25, 0.3) is 0 Å².